The van der Waals surface area contributed by atoms with Gasteiger partial charge in [0, 0.05) is 24.9 Å². The zero-order valence-corrected chi connectivity index (χ0v) is 10.4. The largest absolute Gasteiger partial charge is 0.491 e. The fraction of sp³-hybridized carbons (Fsp3) is 0.571. The Hall–Kier alpha value is -1.22. The van der Waals surface area contributed by atoms with E-state index >= 15 is 0 Å². The maximum atomic E-state index is 5.59. The van der Waals surface area contributed by atoms with Crippen molar-refractivity contribution in [1.29, 1.82) is 0 Å². The molecule has 0 unspecified atom stereocenters. The molecule has 0 spiro atoms. The third-order valence-electron chi connectivity index (χ3n) is 3.12. The zero-order chi connectivity index (χ0) is 11.9. The number of benzene rings is 1. The summed E-state index contributed by atoms with van der Waals surface area (Å²) < 4.78 is 10.5. The Morgan fingerprint density at radius 1 is 1.24 bits per heavy atom. The second-order valence-electron chi connectivity index (χ2n) is 4.49. The van der Waals surface area contributed by atoms with Gasteiger partial charge in [-0.05, 0) is 25.0 Å². The van der Waals surface area contributed by atoms with E-state index in [-0.39, 0.29) is 0 Å². The molecule has 0 amide bonds. The molecule has 1 aromatic carbocycles. The lowest BCUT2D eigenvalue weighted by molar-refractivity contribution is 0.146. The van der Waals surface area contributed by atoms with Gasteiger partial charge in [-0.15, -0.1) is 0 Å². The van der Waals surface area contributed by atoms with Gasteiger partial charge in [-0.2, -0.15) is 0 Å². The molecule has 1 fully saturated rings. The lowest BCUT2D eigenvalue weighted by Gasteiger charge is -2.14. The lowest BCUT2D eigenvalue weighted by atomic mass is 10.2. The molecule has 2 rings (SSSR count). The first-order valence-corrected chi connectivity index (χ1v) is 6.37. The third-order valence-corrected chi connectivity index (χ3v) is 3.12. The Morgan fingerprint density at radius 3 is 2.82 bits per heavy atom. The first-order valence-electron chi connectivity index (χ1n) is 6.37. The first-order chi connectivity index (χ1) is 8.38. The predicted molar refractivity (Wildman–Crippen MR) is 69.7 cm³/mol. The summed E-state index contributed by atoms with van der Waals surface area (Å²) >= 11 is 0. The molecule has 1 aliphatic rings. The van der Waals surface area contributed by atoms with E-state index in [1.807, 2.05) is 12.1 Å². The van der Waals surface area contributed by atoms with Crippen LogP contribution >= 0.6 is 0 Å². The summed E-state index contributed by atoms with van der Waals surface area (Å²) in [6, 6.07) is 8.81. The molecule has 3 heteroatoms. The van der Waals surface area contributed by atoms with Crippen LogP contribution in [0, 0.1) is 0 Å². The van der Waals surface area contributed by atoms with E-state index in [0.29, 0.717) is 19.3 Å². The first kappa shape index (κ1) is 12.2. The van der Waals surface area contributed by atoms with Crippen LogP contribution < -0.4 is 10.1 Å². The van der Waals surface area contributed by atoms with Crippen molar-refractivity contribution >= 4 is 5.69 Å². The van der Waals surface area contributed by atoms with Crippen LogP contribution in [0.25, 0.3) is 0 Å². The molecule has 0 radical (unpaired) electrons. The molecule has 1 aromatic rings. The minimum atomic E-state index is 0.601. The van der Waals surface area contributed by atoms with Gasteiger partial charge in [0.05, 0.1) is 6.61 Å². The van der Waals surface area contributed by atoms with Gasteiger partial charge in [0.1, 0.15) is 12.4 Å². The van der Waals surface area contributed by atoms with Crippen LogP contribution in [-0.4, -0.2) is 26.4 Å². The molecule has 0 bridgehead atoms. The van der Waals surface area contributed by atoms with Gasteiger partial charge in [0.25, 0.3) is 0 Å². The monoisotopic (exact) mass is 235 g/mol. The number of methoxy groups -OCH3 is 1. The van der Waals surface area contributed by atoms with Gasteiger partial charge in [-0.1, -0.05) is 18.9 Å². The topological polar surface area (TPSA) is 30.5 Å². The summed E-state index contributed by atoms with van der Waals surface area (Å²) in [4.78, 5) is 0. The maximum Gasteiger partial charge on any atom is 0.121 e. The molecule has 0 aliphatic heterocycles. The van der Waals surface area contributed by atoms with Crippen LogP contribution in [0.1, 0.15) is 25.7 Å². The van der Waals surface area contributed by atoms with Gasteiger partial charge < -0.3 is 14.8 Å². The Labute approximate surface area is 103 Å². The van der Waals surface area contributed by atoms with Gasteiger partial charge in [0.2, 0.25) is 0 Å². The van der Waals surface area contributed by atoms with Crippen molar-refractivity contribution in [2.45, 2.75) is 31.7 Å². The summed E-state index contributed by atoms with van der Waals surface area (Å²) in [6.45, 7) is 1.23. The molecule has 0 atom stereocenters. The van der Waals surface area contributed by atoms with Crippen LogP contribution in [0.5, 0.6) is 5.75 Å². The highest BCUT2D eigenvalue weighted by Crippen LogP contribution is 2.24. The van der Waals surface area contributed by atoms with E-state index in [0.717, 1.165) is 11.4 Å². The number of ether oxygens (including phenoxy) is 2. The summed E-state index contributed by atoms with van der Waals surface area (Å²) in [5.41, 5.74) is 1.16. The van der Waals surface area contributed by atoms with Crippen molar-refractivity contribution in [3.8, 4) is 5.75 Å². The van der Waals surface area contributed by atoms with Gasteiger partial charge in [-0.25, -0.2) is 0 Å². The Morgan fingerprint density at radius 2 is 2.06 bits per heavy atom. The average molecular weight is 235 g/mol. The van der Waals surface area contributed by atoms with Gasteiger partial charge in [0.15, 0.2) is 0 Å². The summed E-state index contributed by atoms with van der Waals surface area (Å²) in [5, 5.41) is 3.56. The van der Waals surface area contributed by atoms with E-state index < -0.39 is 0 Å². The molecule has 17 heavy (non-hydrogen) atoms. The van der Waals surface area contributed by atoms with Crippen molar-refractivity contribution in [2.75, 3.05) is 25.6 Å². The number of hydrogen-bond acceptors (Lipinski definition) is 3. The Bertz CT molecular complexity index is 335. The highest BCUT2D eigenvalue weighted by molar-refractivity contribution is 5.48. The van der Waals surface area contributed by atoms with Crippen LogP contribution in [0.2, 0.25) is 0 Å². The molecular formula is C14H21NO2. The number of anilines is 1. The fourth-order valence-electron chi connectivity index (χ4n) is 2.22. The highest BCUT2D eigenvalue weighted by Gasteiger charge is 2.14. The Kier molecular flexibility index (Phi) is 4.68. The normalized spacial score (nSPS) is 16.1. The van der Waals surface area contributed by atoms with Crippen molar-refractivity contribution in [3.05, 3.63) is 24.3 Å². The molecule has 0 aromatic heterocycles. The summed E-state index contributed by atoms with van der Waals surface area (Å²) in [6.07, 6.45) is 5.27. The minimum Gasteiger partial charge on any atom is -0.491 e. The Balaban J connectivity index is 1.86. The van der Waals surface area contributed by atoms with Crippen molar-refractivity contribution in [3.63, 3.8) is 0 Å². The number of rotatable bonds is 6. The molecule has 3 nitrogen and oxygen atoms in total. The van der Waals surface area contributed by atoms with Crippen LogP contribution in [0.4, 0.5) is 5.69 Å². The third kappa shape index (κ3) is 3.93. The van der Waals surface area contributed by atoms with E-state index in [9.17, 15) is 0 Å². The van der Waals surface area contributed by atoms with E-state index in [2.05, 4.69) is 17.4 Å². The van der Waals surface area contributed by atoms with E-state index in [1.54, 1.807) is 7.11 Å². The second-order valence-corrected chi connectivity index (χ2v) is 4.49. The maximum absolute atomic E-state index is 5.59. The van der Waals surface area contributed by atoms with Crippen LogP contribution in [0.15, 0.2) is 24.3 Å². The van der Waals surface area contributed by atoms with Crippen molar-refractivity contribution in [2.24, 2.45) is 0 Å². The van der Waals surface area contributed by atoms with Gasteiger partial charge in [-0.3, -0.25) is 0 Å². The van der Waals surface area contributed by atoms with Gasteiger partial charge >= 0.3 is 0 Å². The lowest BCUT2D eigenvalue weighted by Crippen LogP contribution is -2.14. The molecule has 0 heterocycles. The molecule has 94 valence electrons. The fourth-order valence-corrected chi connectivity index (χ4v) is 2.22. The molecule has 1 N–H and O–H groups in total. The SMILES string of the molecule is COCCOc1cccc(NC2CCCC2)c1. The smallest absolute Gasteiger partial charge is 0.121 e. The zero-order valence-electron chi connectivity index (χ0n) is 10.4. The van der Waals surface area contributed by atoms with Crippen LogP contribution in [0.3, 0.4) is 0 Å². The van der Waals surface area contributed by atoms with E-state index in [4.69, 9.17) is 9.47 Å². The average Bonchev–Trinajstić information content (AvgIpc) is 2.83. The summed E-state index contributed by atoms with van der Waals surface area (Å²) in [5.74, 6) is 0.907. The number of nitrogens with one attached hydrogen (secondary N) is 1. The molecule has 0 saturated heterocycles. The molecular weight excluding hydrogens is 214 g/mol. The molecule has 1 saturated carbocycles. The predicted octanol–water partition coefficient (Wildman–Crippen LogP) is 3.07. The second kappa shape index (κ2) is 6.50. The highest BCUT2D eigenvalue weighted by atomic mass is 16.5. The number of hydrogen-bond donors (Lipinski definition) is 1. The summed E-state index contributed by atoms with van der Waals surface area (Å²) in [7, 11) is 1.68. The van der Waals surface area contributed by atoms with Crippen molar-refractivity contribution in [1.82, 2.24) is 0 Å². The quantitative estimate of drug-likeness (QED) is 0.769. The van der Waals surface area contributed by atoms with Crippen LogP contribution in [-0.2, 0) is 4.74 Å². The van der Waals surface area contributed by atoms with Crippen molar-refractivity contribution < 1.29 is 9.47 Å². The molecule has 1 aliphatic carbocycles. The standard InChI is InChI=1S/C14H21NO2/c1-16-9-10-17-14-8-4-7-13(11-14)15-12-5-2-3-6-12/h4,7-8,11-12,15H,2-3,5-6,9-10H2,1H3. The van der Waals surface area contributed by atoms with E-state index in [1.165, 1.54) is 25.7 Å². The minimum absolute atomic E-state index is 0.601.